The van der Waals surface area contributed by atoms with Crippen molar-refractivity contribution in [2.45, 2.75) is 19.8 Å². The van der Waals surface area contributed by atoms with Crippen LogP contribution in [0.5, 0.6) is 0 Å². The minimum absolute atomic E-state index is 0.0364. The van der Waals surface area contributed by atoms with E-state index in [2.05, 4.69) is 10.1 Å². The van der Waals surface area contributed by atoms with Gasteiger partial charge in [0.05, 0.1) is 4.92 Å². The Morgan fingerprint density at radius 2 is 2.20 bits per heavy atom. The van der Waals surface area contributed by atoms with Crippen LogP contribution in [0.15, 0.2) is 28.8 Å². The normalized spacial score (nSPS) is 12.3. The van der Waals surface area contributed by atoms with E-state index in [4.69, 9.17) is 10.3 Å². The molecule has 0 spiro atoms. The fourth-order valence-electron chi connectivity index (χ4n) is 1.91. The summed E-state index contributed by atoms with van der Waals surface area (Å²) in [4.78, 5) is 14.7. The van der Waals surface area contributed by atoms with Gasteiger partial charge in [0, 0.05) is 12.5 Å². The van der Waals surface area contributed by atoms with Gasteiger partial charge < -0.3 is 10.3 Å². The number of hydrogen-bond donors (Lipinski definition) is 1. The second-order valence-corrected chi connectivity index (χ2v) is 4.50. The predicted molar refractivity (Wildman–Crippen MR) is 72.9 cm³/mol. The van der Waals surface area contributed by atoms with E-state index in [1.807, 2.05) is 6.92 Å². The zero-order chi connectivity index (χ0) is 14.5. The molecule has 1 aromatic heterocycles. The summed E-state index contributed by atoms with van der Waals surface area (Å²) in [5, 5.41) is 14.8. The minimum atomic E-state index is -0.458. The quantitative estimate of drug-likeness (QED) is 0.639. The van der Waals surface area contributed by atoms with Crippen molar-refractivity contribution in [3.05, 3.63) is 40.3 Å². The Labute approximate surface area is 115 Å². The van der Waals surface area contributed by atoms with Crippen molar-refractivity contribution < 1.29 is 9.45 Å². The molecule has 7 nitrogen and oxygen atoms in total. The van der Waals surface area contributed by atoms with Crippen molar-refractivity contribution in [1.29, 1.82) is 0 Å². The van der Waals surface area contributed by atoms with Gasteiger partial charge in [0.15, 0.2) is 0 Å². The fraction of sp³-hybridized carbons (Fsp3) is 0.385. The molecule has 0 fully saturated rings. The Hall–Kier alpha value is -2.28. The van der Waals surface area contributed by atoms with Crippen LogP contribution in [0.4, 0.5) is 5.69 Å². The highest BCUT2D eigenvalue weighted by Gasteiger charge is 2.20. The van der Waals surface area contributed by atoms with E-state index in [0.717, 1.165) is 6.42 Å². The molecule has 0 aliphatic rings. The summed E-state index contributed by atoms with van der Waals surface area (Å²) in [6.45, 7) is 2.58. The van der Waals surface area contributed by atoms with Gasteiger partial charge >= 0.3 is 0 Å². The first-order valence-electron chi connectivity index (χ1n) is 6.42. The molecule has 106 valence electrons. The Morgan fingerprint density at radius 1 is 1.45 bits per heavy atom. The van der Waals surface area contributed by atoms with Gasteiger partial charge in [-0.3, -0.25) is 10.1 Å². The van der Waals surface area contributed by atoms with E-state index >= 15 is 0 Å². The van der Waals surface area contributed by atoms with Crippen LogP contribution in [0.25, 0.3) is 11.4 Å². The molecule has 0 radical (unpaired) electrons. The number of benzene rings is 1. The van der Waals surface area contributed by atoms with Crippen LogP contribution in [0, 0.1) is 16.0 Å². The Kier molecular flexibility index (Phi) is 4.41. The van der Waals surface area contributed by atoms with Gasteiger partial charge in [-0.2, -0.15) is 4.98 Å². The van der Waals surface area contributed by atoms with Gasteiger partial charge in [0.2, 0.25) is 11.7 Å². The third kappa shape index (κ3) is 3.00. The molecule has 0 aliphatic heterocycles. The largest absolute Gasteiger partial charge is 0.339 e. The number of nitro benzene ring substituents is 1. The lowest BCUT2D eigenvalue weighted by Crippen LogP contribution is -2.15. The second kappa shape index (κ2) is 6.25. The van der Waals surface area contributed by atoms with E-state index < -0.39 is 4.92 Å². The molecule has 7 heteroatoms. The average Bonchev–Trinajstić information content (AvgIpc) is 2.93. The highest BCUT2D eigenvalue weighted by atomic mass is 16.6. The molecular weight excluding hydrogens is 260 g/mol. The molecule has 1 unspecified atom stereocenters. The third-order valence-corrected chi connectivity index (χ3v) is 3.18. The van der Waals surface area contributed by atoms with Crippen LogP contribution < -0.4 is 5.73 Å². The fourth-order valence-corrected chi connectivity index (χ4v) is 1.91. The lowest BCUT2D eigenvalue weighted by molar-refractivity contribution is -0.384. The first-order chi connectivity index (χ1) is 9.65. The molecule has 2 aromatic rings. The minimum Gasteiger partial charge on any atom is -0.339 e. The molecule has 0 saturated heterocycles. The highest BCUT2D eigenvalue weighted by Crippen LogP contribution is 2.27. The van der Waals surface area contributed by atoms with Crippen LogP contribution >= 0.6 is 0 Å². The molecule has 0 amide bonds. The molecule has 0 saturated carbocycles. The number of para-hydroxylation sites is 1. The number of nitrogens with two attached hydrogens (primary N) is 1. The van der Waals surface area contributed by atoms with E-state index in [1.165, 1.54) is 6.07 Å². The summed E-state index contributed by atoms with van der Waals surface area (Å²) in [6, 6.07) is 6.32. The Balaban J connectivity index is 2.27. The molecule has 2 rings (SSSR count). The van der Waals surface area contributed by atoms with Crippen molar-refractivity contribution >= 4 is 5.69 Å². The maximum absolute atomic E-state index is 11.0. The molecule has 1 aromatic carbocycles. The Bertz CT molecular complexity index is 593. The Morgan fingerprint density at radius 3 is 2.85 bits per heavy atom. The van der Waals surface area contributed by atoms with Gasteiger partial charge in [-0.15, -0.1) is 0 Å². The number of aromatic nitrogens is 2. The van der Waals surface area contributed by atoms with Gasteiger partial charge in [-0.1, -0.05) is 30.6 Å². The predicted octanol–water partition coefficient (Wildman–Crippen LogP) is 2.17. The van der Waals surface area contributed by atoms with Crippen LogP contribution in [0.3, 0.4) is 0 Å². The highest BCUT2D eigenvalue weighted by molar-refractivity contribution is 5.67. The van der Waals surface area contributed by atoms with Gasteiger partial charge in [-0.05, 0) is 18.5 Å². The van der Waals surface area contributed by atoms with E-state index in [0.29, 0.717) is 24.4 Å². The second-order valence-electron chi connectivity index (χ2n) is 4.50. The topological polar surface area (TPSA) is 108 Å². The zero-order valence-corrected chi connectivity index (χ0v) is 11.2. The molecule has 2 N–H and O–H groups in total. The maximum atomic E-state index is 11.0. The van der Waals surface area contributed by atoms with Crippen LogP contribution in [0.2, 0.25) is 0 Å². The first-order valence-corrected chi connectivity index (χ1v) is 6.42. The zero-order valence-electron chi connectivity index (χ0n) is 11.2. The SMILES string of the molecule is CCC(CN)Cc1nc(-c2ccccc2[N+](=O)[O-])no1. The van der Waals surface area contributed by atoms with E-state index in [9.17, 15) is 10.1 Å². The molecular formula is C13H16N4O3. The van der Waals surface area contributed by atoms with Crippen molar-refractivity contribution in [2.24, 2.45) is 11.7 Å². The number of nitrogens with zero attached hydrogens (tertiary/aromatic N) is 3. The monoisotopic (exact) mass is 276 g/mol. The van der Waals surface area contributed by atoms with Crippen LogP contribution in [0.1, 0.15) is 19.2 Å². The van der Waals surface area contributed by atoms with Crippen molar-refractivity contribution in [3.63, 3.8) is 0 Å². The lowest BCUT2D eigenvalue weighted by Gasteiger charge is -2.07. The first kappa shape index (κ1) is 14.1. The molecule has 0 aliphatic carbocycles. The van der Waals surface area contributed by atoms with E-state index in [-0.39, 0.29) is 17.4 Å². The van der Waals surface area contributed by atoms with Crippen molar-refractivity contribution in [3.8, 4) is 11.4 Å². The van der Waals surface area contributed by atoms with Crippen LogP contribution in [-0.2, 0) is 6.42 Å². The number of nitro groups is 1. The third-order valence-electron chi connectivity index (χ3n) is 3.18. The smallest absolute Gasteiger partial charge is 0.280 e. The summed E-state index contributed by atoms with van der Waals surface area (Å²) in [5.41, 5.74) is 5.95. The van der Waals surface area contributed by atoms with Gasteiger partial charge in [-0.25, -0.2) is 0 Å². The molecule has 20 heavy (non-hydrogen) atoms. The number of hydrogen-bond acceptors (Lipinski definition) is 6. The van der Waals surface area contributed by atoms with Crippen molar-refractivity contribution in [1.82, 2.24) is 10.1 Å². The summed E-state index contributed by atoms with van der Waals surface area (Å²) in [5.74, 6) is 0.962. The average molecular weight is 276 g/mol. The maximum Gasteiger partial charge on any atom is 0.280 e. The standard InChI is InChI=1S/C13H16N4O3/c1-2-9(8-14)7-12-15-13(16-20-12)10-5-3-4-6-11(10)17(18)19/h3-6,9H,2,7-8,14H2,1H3. The summed E-state index contributed by atoms with van der Waals surface area (Å²) in [7, 11) is 0. The van der Waals surface area contributed by atoms with Gasteiger partial charge in [0.25, 0.3) is 5.69 Å². The number of rotatable bonds is 6. The molecule has 1 atom stereocenters. The summed E-state index contributed by atoms with van der Waals surface area (Å²) < 4.78 is 5.15. The van der Waals surface area contributed by atoms with Crippen LogP contribution in [-0.4, -0.2) is 21.6 Å². The summed E-state index contributed by atoms with van der Waals surface area (Å²) >= 11 is 0. The molecule has 1 heterocycles. The van der Waals surface area contributed by atoms with E-state index in [1.54, 1.807) is 18.2 Å². The van der Waals surface area contributed by atoms with Crippen molar-refractivity contribution in [2.75, 3.05) is 6.54 Å². The van der Waals surface area contributed by atoms with Gasteiger partial charge in [0.1, 0.15) is 5.56 Å². The molecule has 0 bridgehead atoms. The lowest BCUT2D eigenvalue weighted by atomic mass is 10.0. The summed E-state index contributed by atoms with van der Waals surface area (Å²) in [6.07, 6.45) is 1.50.